The molecule has 5 nitrogen and oxygen atoms in total. The molecule has 1 aromatic carbocycles. The molecule has 22 heavy (non-hydrogen) atoms. The number of aryl methyl sites for hydroxylation is 1. The van der Waals surface area contributed by atoms with E-state index in [4.69, 9.17) is 5.73 Å². The van der Waals surface area contributed by atoms with Crippen LogP contribution in [0.2, 0.25) is 0 Å². The number of thioether (sulfide) groups is 1. The summed E-state index contributed by atoms with van der Waals surface area (Å²) in [5.41, 5.74) is 7.90. The van der Waals surface area contributed by atoms with Crippen LogP contribution in [-0.4, -0.2) is 33.7 Å². The third-order valence-electron chi connectivity index (χ3n) is 3.42. The van der Waals surface area contributed by atoms with Gasteiger partial charge in [-0.25, -0.2) is 4.68 Å². The predicted molar refractivity (Wildman–Crippen MR) is 92.3 cm³/mol. The number of aromatic nitrogens is 2. The summed E-state index contributed by atoms with van der Waals surface area (Å²) in [5.74, 6) is 0.711. The Morgan fingerprint density at radius 2 is 2.14 bits per heavy atom. The number of nitrogen functional groups attached to an aromatic ring is 1. The molecule has 0 saturated heterocycles. The number of nitrogens with zero attached hydrogens (tertiary/aromatic N) is 2. The molecule has 6 heteroatoms. The molecule has 118 valence electrons. The fourth-order valence-electron chi connectivity index (χ4n) is 2.08. The van der Waals surface area contributed by atoms with E-state index in [9.17, 15) is 4.79 Å². The maximum Gasteiger partial charge on any atom is 0.232 e. The fourth-order valence-corrected chi connectivity index (χ4v) is 2.37. The Hall–Kier alpha value is -1.95. The molecule has 0 saturated carbocycles. The first-order valence-corrected chi connectivity index (χ1v) is 8.61. The van der Waals surface area contributed by atoms with Crippen LogP contribution in [0.3, 0.4) is 0 Å². The van der Waals surface area contributed by atoms with Crippen molar-refractivity contribution < 1.29 is 4.79 Å². The van der Waals surface area contributed by atoms with Crippen LogP contribution in [0.1, 0.15) is 19.0 Å². The second kappa shape index (κ2) is 7.89. The van der Waals surface area contributed by atoms with Gasteiger partial charge in [0.1, 0.15) is 5.82 Å². The summed E-state index contributed by atoms with van der Waals surface area (Å²) in [7, 11) is 0. The Labute approximate surface area is 135 Å². The second-order valence-electron chi connectivity index (χ2n) is 5.08. The minimum Gasteiger partial charge on any atom is -0.384 e. The zero-order valence-corrected chi connectivity index (χ0v) is 13.8. The minimum atomic E-state index is -0.00654. The van der Waals surface area contributed by atoms with E-state index in [1.165, 1.54) is 0 Å². The second-order valence-corrected chi connectivity index (χ2v) is 6.26. The van der Waals surface area contributed by atoms with E-state index in [1.807, 2.05) is 49.6 Å². The number of hydrogen-bond donors (Lipinski definition) is 2. The van der Waals surface area contributed by atoms with Crippen LogP contribution >= 0.6 is 11.8 Å². The maximum atomic E-state index is 11.7. The predicted octanol–water partition coefficient (Wildman–Crippen LogP) is 2.25. The zero-order chi connectivity index (χ0) is 15.9. The molecule has 0 unspecified atom stereocenters. The van der Waals surface area contributed by atoms with Gasteiger partial charge in [0, 0.05) is 12.6 Å². The SMILES string of the molecule is CS[C@H](C)C(=O)NCCCc1cc(N)n(-c2ccccc2)n1. The van der Waals surface area contributed by atoms with Gasteiger partial charge in [0.15, 0.2) is 0 Å². The first kappa shape index (κ1) is 16.4. The van der Waals surface area contributed by atoms with Crippen molar-refractivity contribution in [1.29, 1.82) is 0 Å². The average Bonchev–Trinajstić information content (AvgIpc) is 2.92. The number of amides is 1. The number of carbonyl (C=O) groups excluding carboxylic acids is 1. The molecule has 0 spiro atoms. The van der Waals surface area contributed by atoms with Gasteiger partial charge in [0.2, 0.25) is 5.91 Å². The van der Waals surface area contributed by atoms with Crippen molar-refractivity contribution in [3.8, 4) is 5.69 Å². The third-order valence-corrected chi connectivity index (χ3v) is 4.34. The van der Waals surface area contributed by atoms with Gasteiger partial charge < -0.3 is 11.1 Å². The van der Waals surface area contributed by atoms with Crippen LogP contribution in [-0.2, 0) is 11.2 Å². The lowest BCUT2D eigenvalue weighted by molar-refractivity contribution is -0.120. The highest BCUT2D eigenvalue weighted by molar-refractivity contribution is 7.99. The lowest BCUT2D eigenvalue weighted by Crippen LogP contribution is -2.31. The molecule has 0 radical (unpaired) electrons. The van der Waals surface area contributed by atoms with Crippen LogP contribution in [0.4, 0.5) is 5.82 Å². The Balaban J connectivity index is 1.86. The Bertz CT molecular complexity index is 612. The lowest BCUT2D eigenvalue weighted by atomic mass is 10.2. The molecule has 0 aliphatic rings. The van der Waals surface area contributed by atoms with Crippen LogP contribution in [0.15, 0.2) is 36.4 Å². The summed E-state index contributed by atoms with van der Waals surface area (Å²) >= 11 is 1.55. The number of nitrogens with one attached hydrogen (secondary N) is 1. The van der Waals surface area contributed by atoms with Crippen LogP contribution in [0.5, 0.6) is 0 Å². The molecule has 0 bridgehead atoms. The molecule has 1 aromatic heterocycles. The summed E-state index contributed by atoms with van der Waals surface area (Å²) in [5, 5.41) is 7.45. The highest BCUT2D eigenvalue weighted by Gasteiger charge is 2.10. The fraction of sp³-hybridized carbons (Fsp3) is 0.375. The summed E-state index contributed by atoms with van der Waals surface area (Å²) in [4.78, 5) is 11.7. The Morgan fingerprint density at radius 1 is 1.41 bits per heavy atom. The van der Waals surface area contributed by atoms with Gasteiger partial charge >= 0.3 is 0 Å². The molecule has 3 N–H and O–H groups in total. The van der Waals surface area contributed by atoms with E-state index >= 15 is 0 Å². The monoisotopic (exact) mass is 318 g/mol. The highest BCUT2D eigenvalue weighted by atomic mass is 32.2. The average molecular weight is 318 g/mol. The van der Waals surface area contributed by atoms with Gasteiger partial charge in [0.25, 0.3) is 0 Å². The third kappa shape index (κ3) is 4.27. The summed E-state index contributed by atoms with van der Waals surface area (Å²) in [6, 6.07) is 11.7. The van der Waals surface area contributed by atoms with Gasteiger partial charge in [-0.1, -0.05) is 18.2 Å². The molecular formula is C16H22N4OS. The largest absolute Gasteiger partial charge is 0.384 e. The van der Waals surface area contributed by atoms with Gasteiger partial charge in [-0.3, -0.25) is 4.79 Å². The summed E-state index contributed by atoms with van der Waals surface area (Å²) in [6.07, 6.45) is 3.57. The van der Waals surface area contributed by atoms with Crippen molar-refractivity contribution in [2.45, 2.75) is 25.0 Å². The van der Waals surface area contributed by atoms with Crippen LogP contribution < -0.4 is 11.1 Å². The first-order valence-electron chi connectivity index (χ1n) is 7.32. The topological polar surface area (TPSA) is 72.9 Å². The smallest absolute Gasteiger partial charge is 0.232 e. The quantitative estimate of drug-likeness (QED) is 0.768. The molecule has 1 heterocycles. The standard InChI is InChI=1S/C16H22N4OS/c1-12(22-2)16(21)18-10-6-7-13-11-15(17)20(19-13)14-8-4-3-5-9-14/h3-5,8-9,11-12H,6-7,10,17H2,1-2H3,(H,18,21)/t12-/m1/s1. The van der Waals surface area contributed by atoms with Crippen molar-refractivity contribution in [2.75, 3.05) is 18.5 Å². The molecule has 0 fully saturated rings. The van der Waals surface area contributed by atoms with Gasteiger partial charge in [0.05, 0.1) is 16.6 Å². The Morgan fingerprint density at radius 3 is 2.82 bits per heavy atom. The van der Waals surface area contributed by atoms with Crippen LogP contribution in [0, 0.1) is 0 Å². The number of benzene rings is 1. The van der Waals surface area contributed by atoms with E-state index in [-0.39, 0.29) is 11.2 Å². The number of carbonyl (C=O) groups is 1. The maximum absolute atomic E-state index is 11.7. The van der Waals surface area contributed by atoms with Gasteiger partial charge in [-0.2, -0.15) is 16.9 Å². The van der Waals surface area contributed by atoms with E-state index in [2.05, 4.69) is 10.4 Å². The van der Waals surface area contributed by atoms with E-state index < -0.39 is 0 Å². The summed E-state index contributed by atoms with van der Waals surface area (Å²) in [6.45, 7) is 2.56. The number of rotatable bonds is 7. The van der Waals surface area contributed by atoms with Gasteiger partial charge in [-0.15, -0.1) is 0 Å². The van der Waals surface area contributed by atoms with Crippen LogP contribution in [0.25, 0.3) is 5.69 Å². The molecule has 0 aliphatic heterocycles. The van der Waals surface area contributed by atoms with Crippen molar-refractivity contribution in [1.82, 2.24) is 15.1 Å². The zero-order valence-electron chi connectivity index (χ0n) is 13.0. The van der Waals surface area contributed by atoms with Crippen molar-refractivity contribution >= 4 is 23.5 Å². The molecule has 1 atom stereocenters. The summed E-state index contributed by atoms with van der Waals surface area (Å²) < 4.78 is 1.74. The number of hydrogen-bond acceptors (Lipinski definition) is 4. The highest BCUT2D eigenvalue weighted by Crippen LogP contribution is 2.15. The molecular weight excluding hydrogens is 296 g/mol. The van der Waals surface area contributed by atoms with Crippen molar-refractivity contribution in [2.24, 2.45) is 0 Å². The number of anilines is 1. The molecule has 1 amide bonds. The van der Waals surface area contributed by atoms with E-state index in [1.54, 1.807) is 16.4 Å². The lowest BCUT2D eigenvalue weighted by Gasteiger charge is -2.08. The first-order chi connectivity index (χ1) is 10.6. The number of nitrogens with two attached hydrogens (primary N) is 1. The Kier molecular flexibility index (Phi) is 5.89. The number of para-hydroxylation sites is 1. The molecule has 2 aromatic rings. The normalized spacial score (nSPS) is 12.1. The van der Waals surface area contributed by atoms with Gasteiger partial charge in [-0.05, 0) is 38.2 Å². The minimum absolute atomic E-state index is 0.00654. The van der Waals surface area contributed by atoms with E-state index in [0.29, 0.717) is 12.4 Å². The molecule has 0 aliphatic carbocycles. The molecule has 2 rings (SSSR count). The van der Waals surface area contributed by atoms with Crippen molar-refractivity contribution in [3.63, 3.8) is 0 Å². The van der Waals surface area contributed by atoms with Crippen molar-refractivity contribution in [3.05, 3.63) is 42.1 Å². The van der Waals surface area contributed by atoms with E-state index in [0.717, 1.165) is 24.2 Å².